The molecule has 1 saturated heterocycles. The Morgan fingerprint density at radius 3 is 1.20 bits per heavy atom. The van der Waals surface area contributed by atoms with E-state index in [0.29, 0.717) is 6.42 Å². The largest absolute Gasteiger partial charge is 0.481 e. The number of carboxylic acid groups (broad SMARTS) is 9. The van der Waals surface area contributed by atoms with Crippen LogP contribution in [0.1, 0.15) is 85.6 Å². The molecule has 2 aromatic rings. The molecule has 0 unspecified atom stereocenters. The van der Waals surface area contributed by atoms with Crippen LogP contribution in [0.2, 0.25) is 0 Å². The van der Waals surface area contributed by atoms with Crippen LogP contribution in [0.4, 0.5) is 0 Å². The number of aliphatic hydroxyl groups excluding tert-OH is 3. The number of benzene rings is 1. The lowest BCUT2D eigenvalue weighted by Gasteiger charge is -2.11. The number of aliphatic carboxylic acids is 9. The van der Waals surface area contributed by atoms with E-state index in [1.807, 2.05) is 58.2 Å². The Kier molecular flexibility index (Phi) is 44.4. The van der Waals surface area contributed by atoms with Gasteiger partial charge in [-0.25, -0.2) is 0 Å². The highest BCUT2D eigenvalue weighted by molar-refractivity contribution is 5.84. The van der Waals surface area contributed by atoms with Crippen molar-refractivity contribution < 1.29 is 104 Å². The van der Waals surface area contributed by atoms with Gasteiger partial charge in [0.2, 0.25) is 0 Å². The predicted octanol–water partition coefficient (Wildman–Crippen LogP) is -2.95. The third kappa shape index (κ3) is 39.1. The van der Waals surface area contributed by atoms with Crippen molar-refractivity contribution in [3.63, 3.8) is 0 Å². The number of aliphatic hydroxyl groups is 3. The number of hydrogen-bond donors (Lipinski definition) is 21. The number of para-hydroxylation sites is 1. The molecule has 1 aromatic heterocycles. The van der Waals surface area contributed by atoms with Gasteiger partial charge < -0.3 is 112 Å². The highest BCUT2D eigenvalue weighted by Crippen LogP contribution is 2.18. The molecule has 30 nitrogen and oxygen atoms in total. The van der Waals surface area contributed by atoms with E-state index in [1.165, 1.54) is 13.8 Å². The molecule has 0 radical (unpaired) electrons. The molecule has 0 aliphatic carbocycles. The molecule has 30 heteroatoms. The number of nitrogens with one attached hydrogen (secondary N) is 2. The number of carboxylic acids is 9. The number of carbonyl (C=O) groups is 9. The fourth-order valence-electron chi connectivity index (χ4n) is 4.41. The molecule has 3 rings (SSSR count). The maximum atomic E-state index is 10.6. The van der Waals surface area contributed by atoms with Gasteiger partial charge in [0.05, 0.1) is 18.8 Å². The normalized spacial score (nSPS) is 16.5. The van der Waals surface area contributed by atoms with Crippen LogP contribution in [0.25, 0.3) is 10.9 Å². The van der Waals surface area contributed by atoms with Crippen molar-refractivity contribution in [3.05, 3.63) is 36.0 Å². The molecule has 0 bridgehead atoms. The zero-order chi connectivity index (χ0) is 59.2. The molecule has 0 spiro atoms. The first kappa shape index (κ1) is 76.5. The molecule has 28 N–H and O–H groups in total. The van der Waals surface area contributed by atoms with Crippen LogP contribution in [0.3, 0.4) is 0 Å². The van der Waals surface area contributed by atoms with Gasteiger partial charge >= 0.3 is 53.7 Å². The number of fused-ring (bicyclic) bond motifs is 1. The number of aromatic nitrogens is 1. The first-order valence-corrected chi connectivity index (χ1v) is 22.6. The molecule has 1 fully saturated rings. The summed E-state index contributed by atoms with van der Waals surface area (Å²) in [7, 11) is 0. The van der Waals surface area contributed by atoms with Gasteiger partial charge in [0.25, 0.3) is 0 Å². The fourth-order valence-corrected chi connectivity index (χ4v) is 4.41. The van der Waals surface area contributed by atoms with Crippen LogP contribution >= 0.6 is 0 Å². The van der Waals surface area contributed by atoms with Crippen molar-refractivity contribution in [3.8, 4) is 0 Å². The monoisotopic (exact) mass is 1070 g/mol. The zero-order valence-electron chi connectivity index (χ0n) is 42.3. The van der Waals surface area contributed by atoms with Crippen molar-refractivity contribution in [1.29, 1.82) is 0 Å². The Labute approximate surface area is 426 Å². The lowest BCUT2D eigenvalue weighted by atomic mass is 10.0. The van der Waals surface area contributed by atoms with E-state index in [1.54, 1.807) is 0 Å². The number of aromatic amines is 1. The summed E-state index contributed by atoms with van der Waals surface area (Å²) >= 11 is 0. The molecular weight excluding hydrogens is 991 g/mol. The molecule has 12 atom stereocenters. The van der Waals surface area contributed by atoms with Crippen LogP contribution < -0.4 is 45.5 Å². The van der Waals surface area contributed by atoms with Crippen LogP contribution in [0.15, 0.2) is 30.5 Å². The Balaban J connectivity index is -0.000000249. The van der Waals surface area contributed by atoms with E-state index in [2.05, 4.69) is 10.3 Å². The fraction of sp³-hybridized carbons (Fsp3) is 0.614. The van der Waals surface area contributed by atoms with Gasteiger partial charge in [-0.3, -0.25) is 43.2 Å². The van der Waals surface area contributed by atoms with E-state index in [-0.39, 0.29) is 30.7 Å². The highest BCUT2D eigenvalue weighted by atomic mass is 16.4. The first-order valence-electron chi connectivity index (χ1n) is 22.6. The number of nitrogens with two attached hydrogens (primary N) is 7. The second-order valence-corrected chi connectivity index (χ2v) is 16.2. The minimum Gasteiger partial charge on any atom is -0.481 e. The van der Waals surface area contributed by atoms with Crippen molar-refractivity contribution in [2.24, 2.45) is 52.0 Å². The molecular formula is C44H81N9O21. The van der Waals surface area contributed by atoms with Crippen LogP contribution in [0.5, 0.6) is 0 Å². The van der Waals surface area contributed by atoms with Gasteiger partial charge in [-0.05, 0) is 63.1 Å². The van der Waals surface area contributed by atoms with Crippen molar-refractivity contribution >= 4 is 64.6 Å². The van der Waals surface area contributed by atoms with Crippen LogP contribution in [0, 0.1) is 11.8 Å². The number of H-pyrrole nitrogens is 1. The topological polar surface area (TPSA) is 606 Å². The standard InChI is InChI=1S/C11H12N2O2.2C6H13NO2.C5H9NO4.C5H9NO2.2C4H9NO3.C3H7NO3/c12-9(11(14)15)5-7-6-13-10-4-2-1-3-8(7)10;2*1-3-4(2)5(7)6(8)9;6-3(5(9)10)1-2-4(7)8;7-5(8)4-2-1-3-6-4;2*1-2(6)3(5)4(7)8;4-2(1-5)3(6)7/h1-4,6,9,13H,5,12H2,(H,14,15);2*4-5H,3,7H2,1-2H3,(H,8,9);3H,1-2,6H2,(H,7,8)(H,9,10);4,6H,1-3H2,(H,7,8);2*2-3,6H,5H2,1H3,(H,7,8);2,5H,1,4H2,(H,6,7)/t9-;2*4-,5-;3-;4-;2*2-,3+;2-/m00000110/s1. The summed E-state index contributed by atoms with van der Waals surface area (Å²) in [6, 6.07) is 0.748. The second kappa shape index (κ2) is 43.0. The Morgan fingerprint density at radius 2 is 0.973 bits per heavy atom. The summed E-state index contributed by atoms with van der Waals surface area (Å²) in [5.41, 5.74) is 37.6. The maximum absolute atomic E-state index is 10.6. The second-order valence-electron chi connectivity index (χ2n) is 16.2. The van der Waals surface area contributed by atoms with Gasteiger partial charge in [0.1, 0.15) is 48.3 Å². The van der Waals surface area contributed by atoms with Crippen LogP contribution in [-0.2, 0) is 49.6 Å². The van der Waals surface area contributed by atoms with E-state index in [0.717, 1.165) is 48.7 Å². The molecule has 0 amide bonds. The minimum absolute atomic E-state index is 0.0231. The Bertz CT molecular complexity index is 1880. The Hall–Kier alpha value is -6.45. The summed E-state index contributed by atoms with van der Waals surface area (Å²) in [6.45, 7) is 10.5. The average molecular weight is 1070 g/mol. The lowest BCUT2D eigenvalue weighted by molar-refractivity contribution is -0.141. The minimum atomic E-state index is -1.18. The van der Waals surface area contributed by atoms with Gasteiger partial charge in [0, 0.05) is 29.9 Å². The quantitative estimate of drug-likeness (QED) is 0.0630. The van der Waals surface area contributed by atoms with E-state index in [9.17, 15) is 43.2 Å². The van der Waals surface area contributed by atoms with E-state index in [4.69, 9.17) is 101 Å². The van der Waals surface area contributed by atoms with Crippen LogP contribution in [-0.4, -0.2) is 194 Å². The first-order chi connectivity index (χ1) is 34.0. The van der Waals surface area contributed by atoms with Gasteiger partial charge in [-0.15, -0.1) is 0 Å². The molecule has 1 aliphatic rings. The maximum Gasteiger partial charge on any atom is 0.323 e. The summed E-state index contributed by atoms with van der Waals surface area (Å²) < 4.78 is 0. The summed E-state index contributed by atoms with van der Waals surface area (Å²) in [5.74, 6) is -9.11. The number of hydrogen-bond acceptors (Lipinski definition) is 20. The molecule has 0 saturated carbocycles. The van der Waals surface area contributed by atoms with E-state index >= 15 is 0 Å². The summed E-state index contributed by atoms with van der Waals surface area (Å²) in [6.07, 6.45) is 3.39. The molecule has 428 valence electrons. The molecule has 1 aromatic carbocycles. The van der Waals surface area contributed by atoms with Crippen molar-refractivity contribution in [2.45, 2.75) is 147 Å². The lowest BCUT2D eigenvalue weighted by Crippen LogP contribution is -2.39. The molecule has 1 aliphatic heterocycles. The third-order valence-corrected chi connectivity index (χ3v) is 9.98. The average Bonchev–Trinajstić information content (AvgIpc) is 4.04. The predicted molar refractivity (Wildman–Crippen MR) is 266 cm³/mol. The van der Waals surface area contributed by atoms with Crippen molar-refractivity contribution in [2.75, 3.05) is 13.2 Å². The highest BCUT2D eigenvalue weighted by Gasteiger charge is 2.21. The molecule has 2 heterocycles. The summed E-state index contributed by atoms with van der Waals surface area (Å²) in [5, 5.41) is 103. The summed E-state index contributed by atoms with van der Waals surface area (Å²) in [4.78, 5) is 93.4. The number of rotatable bonds is 20. The van der Waals surface area contributed by atoms with Crippen molar-refractivity contribution in [1.82, 2.24) is 10.3 Å². The SMILES string of the molecule is CC[C@H](C)[C@H](N)C(=O)O.CC[C@H](C)[C@H](N)C(=O)O.C[C@@H](O)[C@H](N)C(=O)O.C[C@@H](O)[C@H](N)C(=O)O.N[C@@H](CCC(=O)O)C(=O)O.N[C@@H](CO)C(=O)O.N[C@@H](Cc1c[nH]c2ccccc12)C(=O)O.O=C(O)[C@@H]1CCCN1. The third-order valence-electron chi connectivity index (χ3n) is 9.98. The smallest absolute Gasteiger partial charge is 0.323 e. The van der Waals surface area contributed by atoms with E-state index < -0.39 is 115 Å². The molecule has 74 heavy (non-hydrogen) atoms. The van der Waals surface area contributed by atoms with Gasteiger partial charge in [-0.2, -0.15) is 0 Å². The Morgan fingerprint density at radius 1 is 0.581 bits per heavy atom. The zero-order valence-corrected chi connectivity index (χ0v) is 42.3. The van der Waals surface area contributed by atoms with Gasteiger partial charge in [-0.1, -0.05) is 58.7 Å². The van der Waals surface area contributed by atoms with Gasteiger partial charge in [0.15, 0.2) is 0 Å².